The Kier molecular flexibility index (Phi) is 7.03. The molecule has 1 heterocycles. The topological polar surface area (TPSA) is 61.9 Å². The molecule has 2 N–H and O–H groups in total. The molecule has 3 rings (SSSR count). The Bertz CT molecular complexity index is 910. The highest BCUT2D eigenvalue weighted by Gasteiger charge is 2.08. The van der Waals surface area contributed by atoms with Crippen molar-refractivity contribution in [2.24, 2.45) is 0 Å². The van der Waals surface area contributed by atoms with Gasteiger partial charge in [0.05, 0.1) is 19.9 Å². The normalized spacial score (nSPS) is 10.9. The predicted octanol–water partition coefficient (Wildman–Crippen LogP) is 3.63. The molecular weight excluding hydrogens is 366 g/mol. The van der Waals surface area contributed by atoms with Crippen molar-refractivity contribution in [3.05, 3.63) is 66.5 Å². The molecule has 0 aliphatic carbocycles. The Morgan fingerprint density at radius 2 is 1.62 bits per heavy atom. The SMILES string of the molecule is COc1ccc(CCN(C)CCOc2ccc(N)cc2-n2cccc2)cc1OC. The van der Waals surface area contributed by atoms with E-state index < -0.39 is 0 Å². The summed E-state index contributed by atoms with van der Waals surface area (Å²) in [5.41, 5.74) is 8.83. The average molecular weight is 396 g/mol. The lowest BCUT2D eigenvalue weighted by atomic mass is 10.1. The largest absolute Gasteiger partial charge is 0.493 e. The molecular formula is C23H29N3O3. The molecule has 0 radical (unpaired) electrons. The lowest BCUT2D eigenvalue weighted by molar-refractivity contribution is 0.238. The minimum Gasteiger partial charge on any atom is -0.493 e. The summed E-state index contributed by atoms with van der Waals surface area (Å²) in [4.78, 5) is 2.25. The number of hydrogen-bond acceptors (Lipinski definition) is 5. The highest BCUT2D eigenvalue weighted by atomic mass is 16.5. The van der Waals surface area contributed by atoms with Crippen LogP contribution in [-0.2, 0) is 6.42 Å². The van der Waals surface area contributed by atoms with E-state index in [9.17, 15) is 0 Å². The molecule has 6 heteroatoms. The number of aromatic nitrogens is 1. The van der Waals surface area contributed by atoms with Gasteiger partial charge in [-0.15, -0.1) is 0 Å². The van der Waals surface area contributed by atoms with Crippen LogP contribution in [0.25, 0.3) is 5.69 Å². The van der Waals surface area contributed by atoms with E-state index in [1.54, 1.807) is 14.2 Å². The Balaban J connectivity index is 1.51. The summed E-state index contributed by atoms with van der Waals surface area (Å²) < 4.78 is 18.7. The van der Waals surface area contributed by atoms with Crippen LogP contribution < -0.4 is 19.9 Å². The van der Waals surface area contributed by atoms with E-state index in [0.717, 1.165) is 42.4 Å². The maximum absolute atomic E-state index is 6.05. The number of methoxy groups -OCH3 is 2. The first-order chi connectivity index (χ1) is 14.1. The molecule has 0 saturated heterocycles. The Hall–Kier alpha value is -3.12. The minimum absolute atomic E-state index is 0.598. The van der Waals surface area contributed by atoms with E-state index in [1.165, 1.54) is 5.56 Å². The van der Waals surface area contributed by atoms with E-state index in [1.807, 2.05) is 59.4 Å². The lowest BCUT2D eigenvalue weighted by Crippen LogP contribution is -2.26. The van der Waals surface area contributed by atoms with Crippen LogP contribution in [0, 0.1) is 0 Å². The van der Waals surface area contributed by atoms with Gasteiger partial charge >= 0.3 is 0 Å². The molecule has 3 aromatic rings. The number of benzene rings is 2. The van der Waals surface area contributed by atoms with Gasteiger partial charge in [0.25, 0.3) is 0 Å². The van der Waals surface area contributed by atoms with Gasteiger partial charge in [0.2, 0.25) is 0 Å². The lowest BCUT2D eigenvalue weighted by Gasteiger charge is -2.19. The van der Waals surface area contributed by atoms with Gasteiger partial charge in [0.15, 0.2) is 11.5 Å². The number of nitrogens with two attached hydrogens (primary N) is 1. The third-order valence-electron chi connectivity index (χ3n) is 4.83. The van der Waals surface area contributed by atoms with Crippen LogP contribution in [0.2, 0.25) is 0 Å². The van der Waals surface area contributed by atoms with Crippen molar-refractivity contribution in [3.8, 4) is 22.9 Å². The third kappa shape index (κ3) is 5.45. The summed E-state index contributed by atoms with van der Waals surface area (Å²) in [5, 5.41) is 0. The molecule has 0 amide bonds. The van der Waals surface area contributed by atoms with Crippen LogP contribution in [0.5, 0.6) is 17.2 Å². The molecule has 0 unspecified atom stereocenters. The summed E-state index contributed by atoms with van der Waals surface area (Å²) in [6.07, 6.45) is 4.89. The zero-order chi connectivity index (χ0) is 20.6. The molecule has 0 bridgehead atoms. The second kappa shape index (κ2) is 9.89. The fraction of sp³-hybridized carbons (Fsp3) is 0.304. The summed E-state index contributed by atoms with van der Waals surface area (Å²) in [7, 11) is 5.40. The highest BCUT2D eigenvalue weighted by Crippen LogP contribution is 2.28. The van der Waals surface area contributed by atoms with Crippen molar-refractivity contribution < 1.29 is 14.2 Å². The average Bonchev–Trinajstić information content (AvgIpc) is 3.27. The summed E-state index contributed by atoms with van der Waals surface area (Å²) in [6.45, 7) is 2.34. The second-order valence-corrected chi connectivity index (χ2v) is 6.91. The van der Waals surface area contributed by atoms with Crippen LogP contribution in [0.4, 0.5) is 5.69 Å². The first kappa shape index (κ1) is 20.6. The van der Waals surface area contributed by atoms with Gasteiger partial charge in [-0.05, 0) is 61.5 Å². The third-order valence-corrected chi connectivity index (χ3v) is 4.83. The number of nitrogens with zero attached hydrogens (tertiary/aromatic N) is 2. The van der Waals surface area contributed by atoms with E-state index >= 15 is 0 Å². The molecule has 6 nitrogen and oxygen atoms in total. The van der Waals surface area contributed by atoms with E-state index in [-0.39, 0.29) is 0 Å². The van der Waals surface area contributed by atoms with E-state index in [2.05, 4.69) is 18.0 Å². The molecule has 1 aromatic heterocycles. The predicted molar refractivity (Wildman–Crippen MR) is 116 cm³/mol. The molecule has 0 spiro atoms. The summed E-state index contributed by atoms with van der Waals surface area (Å²) >= 11 is 0. The van der Waals surface area contributed by atoms with Gasteiger partial charge < -0.3 is 29.4 Å². The van der Waals surface area contributed by atoms with Gasteiger partial charge in [0.1, 0.15) is 12.4 Å². The monoisotopic (exact) mass is 395 g/mol. The van der Waals surface area contributed by atoms with E-state index in [0.29, 0.717) is 12.3 Å². The maximum atomic E-state index is 6.05. The smallest absolute Gasteiger partial charge is 0.160 e. The molecule has 2 aromatic carbocycles. The molecule has 0 aliphatic heterocycles. The number of anilines is 1. The number of nitrogen functional groups attached to an aromatic ring is 1. The number of ether oxygens (including phenoxy) is 3. The fourth-order valence-electron chi connectivity index (χ4n) is 3.13. The van der Waals surface area contributed by atoms with Gasteiger partial charge in [-0.2, -0.15) is 0 Å². The van der Waals surface area contributed by atoms with Crippen molar-refractivity contribution in [2.45, 2.75) is 6.42 Å². The van der Waals surface area contributed by atoms with Crippen LogP contribution in [0.1, 0.15) is 5.56 Å². The number of hydrogen-bond donors (Lipinski definition) is 1. The Morgan fingerprint density at radius 1 is 0.897 bits per heavy atom. The quantitative estimate of drug-likeness (QED) is 0.531. The standard InChI is InChI=1S/C23H29N3O3/c1-25(13-10-18-6-8-22(27-2)23(16-18)28-3)14-15-29-21-9-7-19(24)17-20(21)26-11-4-5-12-26/h4-9,11-12,16-17H,10,13-15,24H2,1-3H3. The molecule has 0 atom stereocenters. The molecule has 0 saturated carbocycles. The van der Waals surface area contributed by atoms with Crippen molar-refractivity contribution in [1.29, 1.82) is 0 Å². The van der Waals surface area contributed by atoms with Gasteiger partial charge in [-0.1, -0.05) is 6.07 Å². The van der Waals surface area contributed by atoms with Crippen molar-refractivity contribution >= 4 is 5.69 Å². The number of likely N-dealkylation sites (N-methyl/N-ethyl adjacent to an activating group) is 1. The van der Waals surface area contributed by atoms with Crippen molar-refractivity contribution in [3.63, 3.8) is 0 Å². The molecule has 154 valence electrons. The molecule has 0 aliphatic rings. The first-order valence-corrected chi connectivity index (χ1v) is 9.66. The van der Waals surface area contributed by atoms with E-state index in [4.69, 9.17) is 19.9 Å². The zero-order valence-electron chi connectivity index (χ0n) is 17.3. The molecule has 29 heavy (non-hydrogen) atoms. The second-order valence-electron chi connectivity index (χ2n) is 6.91. The Morgan fingerprint density at radius 3 is 2.34 bits per heavy atom. The van der Waals surface area contributed by atoms with Crippen LogP contribution in [-0.4, -0.2) is 50.4 Å². The maximum Gasteiger partial charge on any atom is 0.160 e. The highest BCUT2D eigenvalue weighted by molar-refractivity contribution is 5.56. The summed E-state index contributed by atoms with van der Waals surface area (Å²) in [5.74, 6) is 2.33. The number of rotatable bonds is 10. The van der Waals surface area contributed by atoms with Crippen LogP contribution >= 0.6 is 0 Å². The zero-order valence-corrected chi connectivity index (χ0v) is 17.3. The van der Waals surface area contributed by atoms with Gasteiger partial charge in [-0.25, -0.2) is 0 Å². The first-order valence-electron chi connectivity index (χ1n) is 9.66. The van der Waals surface area contributed by atoms with Crippen LogP contribution in [0.3, 0.4) is 0 Å². The summed E-state index contributed by atoms with van der Waals surface area (Å²) in [6, 6.07) is 15.7. The van der Waals surface area contributed by atoms with Crippen LogP contribution in [0.15, 0.2) is 60.9 Å². The minimum atomic E-state index is 0.598. The fourth-order valence-corrected chi connectivity index (χ4v) is 3.13. The van der Waals surface area contributed by atoms with Crippen molar-refractivity contribution in [1.82, 2.24) is 9.47 Å². The molecule has 0 fully saturated rings. The Labute approximate surface area is 172 Å². The van der Waals surface area contributed by atoms with Gasteiger partial charge in [-0.3, -0.25) is 0 Å². The van der Waals surface area contributed by atoms with Gasteiger partial charge in [0, 0.05) is 31.2 Å². The van der Waals surface area contributed by atoms with Crippen molar-refractivity contribution in [2.75, 3.05) is 46.7 Å².